The lowest BCUT2D eigenvalue weighted by Gasteiger charge is -2.28. The first-order valence-electron chi connectivity index (χ1n) is 8.53. The van der Waals surface area contributed by atoms with E-state index in [1.54, 1.807) is 0 Å². The molecule has 2 rings (SSSR count). The zero-order valence-electron chi connectivity index (χ0n) is 13.8. The van der Waals surface area contributed by atoms with Gasteiger partial charge in [0.25, 0.3) is 0 Å². The molecule has 3 N–H and O–H groups in total. The van der Waals surface area contributed by atoms with Crippen molar-refractivity contribution in [3.63, 3.8) is 0 Å². The average molecular weight is 320 g/mol. The van der Waals surface area contributed by atoms with Crippen LogP contribution in [0.3, 0.4) is 0 Å². The smallest absolute Gasteiger partial charge is 0.315 e. The quantitative estimate of drug-likeness (QED) is 0.723. The van der Waals surface area contributed by atoms with Crippen molar-refractivity contribution in [2.75, 3.05) is 19.8 Å². The molecular weight excluding hydrogens is 292 g/mol. The Bertz CT molecular complexity index is 457. The van der Waals surface area contributed by atoms with Crippen LogP contribution in [0, 0.1) is 5.92 Å². The molecule has 0 aliphatic carbocycles. The van der Waals surface area contributed by atoms with Gasteiger partial charge < -0.3 is 20.5 Å². The number of aliphatic hydroxyl groups is 1. The first kappa shape index (κ1) is 17.8. The Morgan fingerprint density at radius 2 is 1.96 bits per heavy atom. The Kier molecular flexibility index (Phi) is 7.36. The zero-order valence-corrected chi connectivity index (χ0v) is 13.8. The number of urea groups is 1. The summed E-state index contributed by atoms with van der Waals surface area (Å²) in [6, 6.07) is 9.63. The van der Waals surface area contributed by atoms with Crippen LogP contribution in [0.1, 0.15) is 44.2 Å². The van der Waals surface area contributed by atoms with Crippen molar-refractivity contribution in [1.82, 2.24) is 10.6 Å². The van der Waals surface area contributed by atoms with Gasteiger partial charge in [-0.25, -0.2) is 4.79 Å². The summed E-state index contributed by atoms with van der Waals surface area (Å²) >= 11 is 0. The van der Waals surface area contributed by atoms with E-state index < -0.39 is 0 Å². The maximum atomic E-state index is 12.2. The lowest BCUT2D eigenvalue weighted by atomic mass is 9.89. The summed E-state index contributed by atoms with van der Waals surface area (Å²) in [6.07, 6.45) is 3.71. The molecule has 1 saturated heterocycles. The fourth-order valence-electron chi connectivity index (χ4n) is 2.94. The minimum atomic E-state index is -0.216. The molecule has 2 amide bonds. The van der Waals surface area contributed by atoms with Gasteiger partial charge in [-0.05, 0) is 37.2 Å². The highest BCUT2D eigenvalue weighted by Crippen LogP contribution is 2.27. The summed E-state index contributed by atoms with van der Waals surface area (Å²) in [4.78, 5) is 12.2. The van der Waals surface area contributed by atoms with E-state index in [1.165, 1.54) is 0 Å². The maximum Gasteiger partial charge on any atom is 0.315 e. The first-order chi connectivity index (χ1) is 11.2. The molecule has 1 aliphatic rings. The van der Waals surface area contributed by atoms with Gasteiger partial charge in [0.05, 0.1) is 18.7 Å². The Balaban J connectivity index is 1.99. The van der Waals surface area contributed by atoms with Crippen LogP contribution >= 0.6 is 0 Å². The summed E-state index contributed by atoms with van der Waals surface area (Å²) in [5, 5.41) is 15.1. The van der Waals surface area contributed by atoms with E-state index in [4.69, 9.17) is 4.74 Å². The van der Waals surface area contributed by atoms with E-state index >= 15 is 0 Å². The number of hydrogen-bond acceptors (Lipinski definition) is 3. The van der Waals surface area contributed by atoms with Crippen LogP contribution in [0.4, 0.5) is 4.79 Å². The van der Waals surface area contributed by atoms with Gasteiger partial charge in [-0.15, -0.1) is 0 Å². The van der Waals surface area contributed by atoms with E-state index in [0.717, 1.165) is 38.0 Å². The Labute approximate surface area is 138 Å². The Morgan fingerprint density at radius 1 is 1.26 bits per heavy atom. The van der Waals surface area contributed by atoms with Crippen molar-refractivity contribution < 1.29 is 14.6 Å². The SMILES string of the molecule is CCC(CO)NC(=O)NC(CC1CCOCC1)c1ccccc1. The zero-order chi connectivity index (χ0) is 16.5. The molecule has 1 aliphatic heterocycles. The fraction of sp³-hybridized carbons (Fsp3) is 0.611. The van der Waals surface area contributed by atoms with Crippen molar-refractivity contribution in [3.8, 4) is 0 Å². The standard InChI is InChI=1S/C18H28N2O3/c1-2-16(13-21)19-18(22)20-17(15-6-4-3-5-7-15)12-14-8-10-23-11-9-14/h3-7,14,16-17,21H,2,8-13H2,1H3,(H2,19,20,22). The minimum Gasteiger partial charge on any atom is -0.394 e. The van der Waals surface area contributed by atoms with Gasteiger partial charge in [0.2, 0.25) is 0 Å². The maximum absolute atomic E-state index is 12.2. The summed E-state index contributed by atoms with van der Waals surface area (Å²) in [5.41, 5.74) is 1.12. The molecule has 1 heterocycles. The van der Waals surface area contributed by atoms with E-state index in [2.05, 4.69) is 10.6 Å². The second-order valence-corrected chi connectivity index (χ2v) is 6.16. The summed E-state index contributed by atoms with van der Waals surface area (Å²) in [5.74, 6) is 0.564. The molecule has 0 bridgehead atoms. The lowest BCUT2D eigenvalue weighted by molar-refractivity contribution is 0.0608. The van der Waals surface area contributed by atoms with Crippen molar-refractivity contribution in [2.24, 2.45) is 5.92 Å². The summed E-state index contributed by atoms with van der Waals surface area (Å²) in [6.45, 7) is 3.51. The van der Waals surface area contributed by atoms with Gasteiger partial charge in [-0.3, -0.25) is 0 Å². The predicted molar refractivity (Wildman–Crippen MR) is 90.2 cm³/mol. The normalized spacial score (nSPS) is 18.2. The minimum absolute atomic E-state index is 0.0181. The average Bonchev–Trinajstić information content (AvgIpc) is 2.60. The number of carbonyl (C=O) groups excluding carboxylic acids is 1. The van der Waals surface area contributed by atoms with Gasteiger partial charge in [0.15, 0.2) is 0 Å². The summed E-state index contributed by atoms with van der Waals surface area (Å²) < 4.78 is 5.42. The molecule has 128 valence electrons. The van der Waals surface area contributed by atoms with Gasteiger partial charge in [-0.2, -0.15) is 0 Å². The molecule has 0 aromatic heterocycles. The molecule has 0 spiro atoms. The van der Waals surface area contributed by atoms with Crippen LogP contribution in [-0.2, 0) is 4.74 Å². The van der Waals surface area contributed by atoms with Crippen LogP contribution in [-0.4, -0.2) is 37.0 Å². The van der Waals surface area contributed by atoms with Gasteiger partial charge in [0, 0.05) is 13.2 Å². The molecule has 1 fully saturated rings. The Hall–Kier alpha value is -1.59. The lowest BCUT2D eigenvalue weighted by Crippen LogP contribution is -2.45. The number of benzene rings is 1. The van der Waals surface area contributed by atoms with Gasteiger partial charge in [-0.1, -0.05) is 37.3 Å². The number of amides is 2. The number of hydrogen-bond donors (Lipinski definition) is 3. The van der Waals surface area contributed by atoms with Gasteiger partial charge in [0.1, 0.15) is 0 Å². The summed E-state index contributed by atoms with van der Waals surface area (Å²) in [7, 11) is 0. The fourth-order valence-corrected chi connectivity index (χ4v) is 2.94. The van der Waals surface area contributed by atoms with E-state index in [-0.39, 0.29) is 24.7 Å². The van der Waals surface area contributed by atoms with Crippen LogP contribution in [0.5, 0.6) is 0 Å². The highest BCUT2D eigenvalue weighted by atomic mass is 16.5. The number of carbonyl (C=O) groups is 1. The second-order valence-electron chi connectivity index (χ2n) is 6.16. The molecule has 0 saturated carbocycles. The molecule has 0 radical (unpaired) electrons. The molecule has 1 aromatic carbocycles. The van der Waals surface area contributed by atoms with E-state index in [0.29, 0.717) is 12.3 Å². The molecule has 23 heavy (non-hydrogen) atoms. The van der Waals surface area contributed by atoms with E-state index in [9.17, 15) is 9.90 Å². The second kappa shape index (κ2) is 9.53. The number of ether oxygens (including phenoxy) is 1. The number of aliphatic hydroxyl groups excluding tert-OH is 1. The Morgan fingerprint density at radius 3 is 2.57 bits per heavy atom. The molecule has 2 atom stereocenters. The third kappa shape index (κ3) is 5.84. The topological polar surface area (TPSA) is 70.6 Å². The third-order valence-electron chi connectivity index (χ3n) is 4.47. The number of rotatable bonds is 7. The van der Waals surface area contributed by atoms with Crippen molar-refractivity contribution >= 4 is 6.03 Å². The molecule has 5 nitrogen and oxygen atoms in total. The van der Waals surface area contributed by atoms with Crippen LogP contribution in [0.25, 0.3) is 0 Å². The van der Waals surface area contributed by atoms with Crippen molar-refractivity contribution in [1.29, 1.82) is 0 Å². The van der Waals surface area contributed by atoms with Crippen LogP contribution in [0.15, 0.2) is 30.3 Å². The highest BCUT2D eigenvalue weighted by molar-refractivity contribution is 5.74. The van der Waals surface area contributed by atoms with Crippen LogP contribution < -0.4 is 10.6 Å². The number of nitrogens with one attached hydrogen (secondary N) is 2. The predicted octanol–water partition coefficient (Wildman–Crippen LogP) is 2.61. The van der Waals surface area contributed by atoms with Crippen molar-refractivity contribution in [3.05, 3.63) is 35.9 Å². The third-order valence-corrected chi connectivity index (χ3v) is 4.47. The van der Waals surface area contributed by atoms with Crippen LogP contribution in [0.2, 0.25) is 0 Å². The van der Waals surface area contributed by atoms with Crippen molar-refractivity contribution in [2.45, 2.75) is 44.7 Å². The monoisotopic (exact) mass is 320 g/mol. The highest BCUT2D eigenvalue weighted by Gasteiger charge is 2.22. The molecule has 2 unspecified atom stereocenters. The molecule has 5 heteroatoms. The van der Waals surface area contributed by atoms with E-state index in [1.807, 2.05) is 37.3 Å². The molecule has 1 aromatic rings. The van der Waals surface area contributed by atoms with Gasteiger partial charge >= 0.3 is 6.03 Å². The first-order valence-corrected chi connectivity index (χ1v) is 8.53. The molecular formula is C18H28N2O3. The largest absolute Gasteiger partial charge is 0.394 e.